The van der Waals surface area contributed by atoms with Crippen molar-refractivity contribution in [3.05, 3.63) is 82.9 Å². The molecule has 0 aliphatic rings. The molecule has 0 aliphatic carbocycles. The van der Waals surface area contributed by atoms with Gasteiger partial charge in [0.2, 0.25) is 6.04 Å². The van der Waals surface area contributed by atoms with Crippen molar-refractivity contribution in [2.75, 3.05) is 5.32 Å². The van der Waals surface area contributed by atoms with E-state index >= 15 is 0 Å². The number of para-hydroxylation sites is 1. The van der Waals surface area contributed by atoms with Gasteiger partial charge in [0.05, 0.1) is 16.3 Å². The number of esters is 1. The fourth-order valence-electron chi connectivity index (χ4n) is 3.50. The largest absolute Gasteiger partial charge is 0.423 e. The van der Waals surface area contributed by atoms with Gasteiger partial charge in [0.15, 0.2) is 5.78 Å². The number of benzene rings is 3. The molecule has 1 aromatic heterocycles. The minimum absolute atomic E-state index is 0.257. The van der Waals surface area contributed by atoms with E-state index in [0.29, 0.717) is 27.5 Å². The first-order chi connectivity index (χ1) is 17.0. The van der Waals surface area contributed by atoms with Crippen molar-refractivity contribution in [3.63, 3.8) is 0 Å². The number of hydrogen-bond acceptors (Lipinski definition) is 6. The number of ketones is 1. The topological polar surface area (TPSA) is 103 Å². The molecule has 3 aromatic carbocycles. The van der Waals surface area contributed by atoms with Gasteiger partial charge < -0.3 is 10.1 Å². The van der Waals surface area contributed by atoms with Crippen LogP contribution >= 0.6 is 11.6 Å². The van der Waals surface area contributed by atoms with Crippen LogP contribution in [0.4, 0.5) is 5.69 Å². The fourth-order valence-corrected chi connectivity index (χ4v) is 3.67. The minimum atomic E-state index is -1.35. The monoisotopic (exact) mass is 504 g/mol. The molecule has 1 N–H and O–H groups in total. The SMILES string of the molecule is Cc1ccc(Cl)c(NC(=O)C(C(=O)C(C)(C)C)n2nc3ccc(C(=O)Oc4ccccc4)cc3n2)c1. The summed E-state index contributed by atoms with van der Waals surface area (Å²) in [5.41, 5.74) is 1.43. The highest BCUT2D eigenvalue weighted by Crippen LogP contribution is 2.28. The number of fused-ring (bicyclic) bond motifs is 1. The Morgan fingerprint density at radius 3 is 2.33 bits per heavy atom. The minimum Gasteiger partial charge on any atom is -0.423 e. The molecule has 0 saturated carbocycles. The molecule has 1 atom stereocenters. The van der Waals surface area contributed by atoms with Crippen LogP contribution in [0.15, 0.2) is 66.7 Å². The Hall–Kier alpha value is -4.04. The molecule has 4 aromatic rings. The molecule has 9 heteroatoms. The maximum atomic E-state index is 13.4. The van der Waals surface area contributed by atoms with E-state index in [0.717, 1.165) is 10.4 Å². The molecule has 0 radical (unpaired) electrons. The molecule has 0 aliphatic heterocycles. The molecule has 1 unspecified atom stereocenters. The second kappa shape index (κ2) is 9.91. The Kier molecular flexibility index (Phi) is 6.90. The molecule has 184 valence electrons. The Labute approximate surface area is 213 Å². The second-order valence-corrected chi connectivity index (χ2v) is 9.82. The number of amides is 1. The van der Waals surface area contributed by atoms with Crippen molar-refractivity contribution in [1.29, 1.82) is 0 Å². The maximum absolute atomic E-state index is 13.4. The van der Waals surface area contributed by atoms with Gasteiger partial charge in [-0.3, -0.25) is 9.59 Å². The molecular formula is C27H25ClN4O4. The highest BCUT2D eigenvalue weighted by molar-refractivity contribution is 6.34. The highest BCUT2D eigenvalue weighted by atomic mass is 35.5. The number of nitrogens with zero attached hydrogens (tertiary/aromatic N) is 3. The molecular weight excluding hydrogens is 480 g/mol. The van der Waals surface area contributed by atoms with Crippen LogP contribution in [0.25, 0.3) is 11.0 Å². The third kappa shape index (κ3) is 5.44. The summed E-state index contributed by atoms with van der Waals surface area (Å²) in [6, 6.07) is 17.2. The Bertz CT molecular complexity index is 1460. The summed E-state index contributed by atoms with van der Waals surface area (Å²) in [4.78, 5) is 40.4. The first-order valence-corrected chi connectivity index (χ1v) is 11.7. The van der Waals surface area contributed by atoms with Gasteiger partial charge in [-0.25, -0.2) is 4.79 Å². The molecule has 1 amide bonds. The van der Waals surface area contributed by atoms with Crippen LogP contribution in [0.2, 0.25) is 5.02 Å². The van der Waals surface area contributed by atoms with Gasteiger partial charge in [0.1, 0.15) is 16.8 Å². The normalized spacial score (nSPS) is 12.2. The number of carbonyl (C=O) groups excluding carboxylic acids is 3. The standard InChI is InChI=1S/C27H25ClN4O4/c1-16-10-12-19(28)21(14-16)29-25(34)23(24(33)27(2,3)4)32-30-20-13-11-17(15-22(20)31-32)26(35)36-18-8-6-5-7-9-18/h5-15,23H,1-4H3,(H,29,34). The number of ether oxygens (including phenoxy) is 1. The first kappa shape index (κ1) is 25.1. The van der Waals surface area contributed by atoms with Crippen molar-refractivity contribution in [3.8, 4) is 5.75 Å². The van der Waals surface area contributed by atoms with Gasteiger partial charge in [-0.2, -0.15) is 15.0 Å². The lowest BCUT2D eigenvalue weighted by Gasteiger charge is -2.23. The molecule has 4 rings (SSSR count). The van der Waals surface area contributed by atoms with Crippen molar-refractivity contribution >= 4 is 46.0 Å². The summed E-state index contributed by atoms with van der Waals surface area (Å²) >= 11 is 6.25. The maximum Gasteiger partial charge on any atom is 0.343 e. The number of carbonyl (C=O) groups is 3. The molecule has 1 heterocycles. The predicted molar refractivity (Wildman–Crippen MR) is 137 cm³/mol. The van der Waals surface area contributed by atoms with Gasteiger partial charge in [0.25, 0.3) is 5.91 Å². The summed E-state index contributed by atoms with van der Waals surface area (Å²) in [6.07, 6.45) is 0. The van der Waals surface area contributed by atoms with Crippen LogP contribution < -0.4 is 10.1 Å². The number of halogens is 1. The van der Waals surface area contributed by atoms with E-state index < -0.39 is 23.3 Å². The zero-order chi connectivity index (χ0) is 26.0. The van der Waals surface area contributed by atoms with Crippen molar-refractivity contribution < 1.29 is 19.1 Å². The smallest absolute Gasteiger partial charge is 0.343 e. The average Bonchev–Trinajstić information content (AvgIpc) is 3.24. The number of aryl methyl sites for hydroxylation is 1. The molecule has 0 spiro atoms. The molecule has 36 heavy (non-hydrogen) atoms. The van der Waals surface area contributed by atoms with Gasteiger partial charge in [-0.1, -0.05) is 56.6 Å². The van der Waals surface area contributed by atoms with Gasteiger partial charge in [0, 0.05) is 5.41 Å². The molecule has 0 bridgehead atoms. The highest BCUT2D eigenvalue weighted by Gasteiger charge is 2.38. The summed E-state index contributed by atoms with van der Waals surface area (Å²) in [5.74, 6) is -1.15. The summed E-state index contributed by atoms with van der Waals surface area (Å²) in [7, 11) is 0. The zero-order valence-electron chi connectivity index (χ0n) is 20.3. The van der Waals surface area contributed by atoms with Gasteiger partial charge in [-0.05, 0) is 55.0 Å². The molecule has 0 saturated heterocycles. The number of Topliss-reactive ketones (excluding diaryl/α,β-unsaturated/α-hetero) is 1. The first-order valence-electron chi connectivity index (χ1n) is 11.3. The Balaban J connectivity index is 1.67. The predicted octanol–water partition coefficient (Wildman–Crippen LogP) is 5.41. The van der Waals surface area contributed by atoms with Crippen molar-refractivity contribution in [1.82, 2.24) is 15.0 Å². The summed E-state index contributed by atoms with van der Waals surface area (Å²) in [5, 5.41) is 11.8. The Morgan fingerprint density at radius 2 is 1.64 bits per heavy atom. The third-order valence-corrected chi connectivity index (χ3v) is 5.76. The van der Waals surface area contributed by atoms with Crippen LogP contribution in [0.5, 0.6) is 5.75 Å². The second-order valence-electron chi connectivity index (χ2n) is 9.42. The Morgan fingerprint density at radius 1 is 0.944 bits per heavy atom. The lowest BCUT2D eigenvalue weighted by Crippen LogP contribution is -2.39. The lowest BCUT2D eigenvalue weighted by molar-refractivity contribution is -0.136. The number of anilines is 1. The number of rotatable bonds is 6. The van der Waals surface area contributed by atoms with E-state index in [1.165, 1.54) is 6.07 Å². The van der Waals surface area contributed by atoms with E-state index in [1.807, 2.05) is 19.1 Å². The third-order valence-electron chi connectivity index (χ3n) is 5.43. The number of hydrogen-bond donors (Lipinski definition) is 1. The summed E-state index contributed by atoms with van der Waals surface area (Å²) < 4.78 is 5.39. The number of nitrogens with one attached hydrogen (secondary N) is 1. The fraction of sp³-hybridized carbons (Fsp3) is 0.222. The van der Waals surface area contributed by atoms with Crippen molar-refractivity contribution in [2.45, 2.75) is 33.7 Å². The van der Waals surface area contributed by atoms with Crippen LogP contribution in [-0.2, 0) is 9.59 Å². The lowest BCUT2D eigenvalue weighted by atomic mass is 9.86. The van der Waals surface area contributed by atoms with Crippen LogP contribution in [-0.4, -0.2) is 32.7 Å². The molecule has 0 fully saturated rings. The van der Waals surface area contributed by atoms with Crippen molar-refractivity contribution in [2.24, 2.45) is 5.41 Å². The van der Waals surface area contributed by atoms with Crippen LogP contribution in [0.3, 0.4) is 0 Å². The van der Waals surface area contributed by atoms with E-state index in [-0.39, 0.29) is 11.3 Å². The average molecular weight is 505 g/mol. The van der Waals surface area contributed by atoms with Gasteiger partial charge >= 0.3 is 5.97 Å². The number of aromatic nitrogens is 3. The zero-order valence-corrected chi connectivity index (χ0v) is 21.0. The summed E-state index contributed by atoms with van der Waals surface area (Å²) in [6.45, 7) is 7.02. The van der Waals surface area contributed by atoms with E-state index in [1.54, 1.807) is 69.3 Å². The van der Waals surface area contributed by atoms with E-state index in [4.69, 9.17) is 16.3 Å². The van der Waals surface area contributed by atoms with E-state index in [9.17, 15) is 14.4 Å². The van der Waals surface area contributed by atoms with Crippen LogP contribution in [0, 0.1) is 12.3 Å². The quantitative estimate of drug-likeness (QED) is 0.214. The molecule has 8 nitrogen and oxygen atoms in total. The van der Waals surface area contributed by atoms with E-state index in [2.05, 4.69) is 15.5 Å². The van der Waals surface area contributed by atoms with Crippen LogP contribution in [0.1, 0.15) is 42.7 Å². The van der Waals surface area contributed by atoms with Gasteiger partial charge in [-0.15, -0.1) is 0 Å².